The smallest absolute Gasteiger partial charge is 0.408 e. The van der Waals surface area contributed by atoms with Crippen molar-refractivity contribution >= 4 is 51.2 Å². The Morgan fingerprint density at radius 3 is 2.44 bits per heavy atom. The van der Waals surface area contributed by atoms with Gasteiger partial charge in [-0.15, -0.1) is 6.58 Å². The van der Waals surface area contributed by atoms with Crippen LogP contribution in [0.1, 0.15) is 109 Å². The van der Waals surface area contributed by atoms with Crippen LogP contribution >= 0.6 is 0 Å². The van der Waals surface area contributed by atoms with Gasteiger partial charge in [0, 0.05) is 30.6 Å². The summed E-state index contributed by atoms with van der Waals surface area (Å²) in [6, 6.07) is 5.79. The standard InChI is InChI=1S/C48H66N6O10S.CH2O2/c1-3-33-29-48(33,45(57)52-65(59,60)47(2)19-20-47)51-42(55)38-28-34-30-54(38)44(56)40(31-13-6-4-7-14-31)50-46(58)64-39-27-32(39)15-8-5-9-17-36-41(62-24-12-21-53-22-25-61-26-23-53)35-16-10-11-18-37(35)49-43(36)63-34;2-1-3/h3,10-11,16,18,31-34,38-40H,1,4-9,12-15,17,19-30H2,2H3,(H,50,58)(H,51,55)(H,52,57);1H,(H,2,3)/t32-,33-,34-,38+,39-,40+,48-;/m1./s1. The van der Waals surface area contributed by atoms with E-state index >= 15 is 4.79 Å². The second kappa shape index (κ2) is 21.3. The van der Waals surface area contributed by atoms with Crippen LogP contribution in [0.25, 0.3) is 10.9 Å². The lowest BCUT2D eigenvalue weighted by Gasteiger charge is -2.34. The van der Waals surface area contributed by atoms with Gasteiger partial charge in [-0.3, -0.25) is 19.1 Å². The van der Waals surface area contributed by atoms with E-state index in [1.165, 1.54) is 9.80 Å². The number of amides is 4. The molecule has 4 amide bonds. The topological polar surface area (TPSA) is 236 Å². The van der Waals surface area contributed by atoms with Crippen LogP contribution in [0.4, 0.5) is 4.79 Å². The molecule has 4 N–H and O–H groups in total. The van der Waals surface area contributed by atoms with E-state index in [2.05, 4.69) is 21.9 Å². The van der Waals surface area contributed by atoms with Crippen LogP contribution in [0, 0.1) is 17.8 Å². The largest absolute Gasteiger partial charge is 0.554 e. The van der Waals surface area contributed by atoms with Crippen LogP contribution in [0.3, 0.4) is 0 Å². The molecule has 68 heavy (non-hydrogen) atoms. The number of pyridine rings is 1. The van der Waals surface area contributed by atoms with Gasteiger partial charge >= 0.3 is 6.09 Å². The molecule has 3 aliphatic heterocycles. The van der Waals surface area contributed by atoms with Crippen LogP contribution in [0.2, 0.25) is 0 Å². The maximum Gasteiger partial charge on any atom is 0.408 e. The minimum Gasteiger partial charge on any atom is -0.554 e. The highest BCUT2D eigenvalue weighted by molar-refractivity contribution is 7.91. The Morgan fingerprint density at radius 2 is 1.74 bits per heavy atom. The molecule has 2 saturated heterocycles. The summed E-state index contributed by atoms with van der Waals surface area (Å²) in [5.41, 5.74) is -0.0117. The number of carbonyl (C=O) groups excluding carboxylic acids is 5. The van der Waals surface area contributed by atoms with E-state index in [0.717, 1.165) is 120 Å². The summed E-state index contributed by atoms with van der Waals surface area (Å²) >= 11 is 0. The van der Waals surface area contributed by atoms with Crippen LogP contribution in [-0.2, 0) is 45.1 Å². The first-order chi connectivity index (χ1) is 32.8. The first-order valence-corrected chi connectivity index (χ1v) is 26.2. The van der Waals surface area contributed by atoms with E-state index in [1.54, 1.807) is 13.0 Å². The summed E-state index contributed by atoms with van der Waals surface area (Å²) in [6.45, 7) is 9.94. The molecule has 1 aromatic heterocycles. The van der Waals surface area contributed by atoms with Crippen LogP contribution in [-0.4, -0.2) is 129 Å². The lowest BCUT2D eigenvalue weighted by atomic mass is 9.83. The quantitative estimate of drug-likeness (QED) is 0.135. The van der Waals surface area contributed by atoms with Crippen LogP contribution < -0.4 is 34.8 Å². The van der Waals surface area contributed by atoms with Crippen molar-refractivity contribution in [2.75, 3.05) is 46.0 Å². The predicted molar refractivity (Wildman–Crippen MR) is 247 cm³/mol. The molecule has 4 saturated carbocycles. The lowest BCUT2D eigenvalue weighted by molar-refractivity contribution is -0.908. The van der Waals surface area contributed by atoms with Crippen molar-refractivity contribution in [2.24, 2.45) is 17.8 Å². The first-order valence-electron chi connectivity index (χ1n) is 24.8. The zero-order chi connectivity index (χ0) is 48.1. The summed E-state index contributed by atoms with van der Waals surface area (Å²) in [4.78, 5) is 73.7. The van der Waals surface area contributed by atoms with Gasteiger partial charge in [0.2, 0.25) is 27.7 Å². The van der Waals surface area contributed by atoms with Crippen molar-refractivity contribution in [2.45, 2.75) is 144 Å². The average molecular weight is 965 g/mol. The third-order valence-corrected chi connectivity index (χ3v) is 17.5. The van der Waals surface area contributed by atoms with Gasteiger partial charge in [0.15, 0.2) is 0 Å². The summed E-state index contributed by atoms with van der Waals surface area (Å²) in [6.07, 6.45) is 11.3. The molecular formula is C49H68N6O12S. The molecule has 2 bridgehead atoms. The number of rotatable bonds is 12. The van der Waals surface area contributed by atoms with E-state index in [4.69, 9.17) is 33.8 Å². The number of hydrogen-bond donors (Lipinski definition) is 4. The van der Waals surface area contributed by atoms with Crippen molar-refractivity contribution in [1.29, 1.82) is 0 Å². The van der Waals surface area contributed by atoms with Crippen molar-refractivity contribution in [3.8, 4) is 11.6 Å². The van der Waals surface area contributed by atoms with E-state index in [1.807, 2.05) is 24.3 Å². The van der Waals surface area contributed by atoms with Crippen molar-refractivity contribution in [3.63, 3.8) is 0 Å². The highest BCUT2D eigenvalue weighted by Crippen LogP contribution is 2.47. The van der Waals surface area contributed by atoms with Gasteiger partial charge < -0.3 is 49.3 Å². The normalized spacial score (nSPS) is 29.6. The number of aromatic nitrogens is 1. The second-order valence-electron chi connectivity index (χ2n) is 20.1. The number of hydrogen-bond acceptors (Lipinski definition) is 13. The fourth-order valence-electron chi connectivity index (χ4n) is 10.6. The molecule has 0 radical (unpaired) electrons. The average Bonchev–Trinajstić information content (AvgIpc) is 4.30. The number of quaternary nitrogens is 1. The molecule has 4 aliphatic carbocycles. The van der Waals surface area contributed by atoms with E-state index in [-0.39, 0.29) is 37.3 Å². The van der Waals surface area contributed by atoms with Gasteiger partial charge in [-0.1, -0.05) is 50.3 Å². The summed E-state index contributed by atoms with van der Waals surface area (Å²) in [7, 11) is -4.01. The number of para-hydroxylation sites is 1. The van der Waals surface area contributed by atoms with Gasteiger partial charge in [-0.2, -0.15) is 0 Å². The lowest BCUT2D eigenvalue weighted by Crippen LogP contribution is -3.14. The molecule has 2 aromatic rings. The Labute approximate surface area is 398 Å². The van der Waals surface area contributed by atoms with Gasteiger partial charge in [0.25, 0.3) is 5.91 Å². The molecular weight excluding hydrogens is 897 g/mol. The Bertz CT molecular complexity index is 2300. The Hall–Kier alpha value is -5.01. The molecule has 0 spiro atoms. The Morgan fingerprint density at radius 1 is 1.03 bits per heavy atom. The van der Waals surface area contributed by atoms with E-state index in [0.29, 0.717) is 37.3 Å². The summed E-state index contributed by atoms with van der Waals surface area (Å²) in [5, 5.41) is 15.0. The summed E-state index contributed by atoms with van der Waals surface area (Å²) < 4.78 is 52.8. The Kier molecular flexibility index (Phi) is 15.5. The second-order valence-corrected chi connectivity index (χ2v) is 22.3. The number of alkyl carbamates (subject to hydrolysis) is 1. The van der Waals surface area contributed by atoms with Gasteiger partial charge in [-0.25, -0.2) is 18.2 Å². The van der Waals surface area contributed by atoms with Crippen molar-refractivity contribution in [1.82, 2.24) is 25.2 Å². The third-order valence-electron chi connectivity index (χ3n) is 15.3. The first kappa shape index (κ1) is 49.4. The number of nitrogens with one attached hydrogen (secondary N) is 4. The van der Waals surface area contributed by atoms with E-state index in [9.17, 15) is 22.8 Å². The number of fused-ring (bicyclic) bond motifs is 5. The number of sulfonamides is 1. The SMILES string of the molecule is C=C[C@@H]1C[C@]1(NC(=O)[C@@H]1C[C@@H]2CN1C(=O)[C@H](C1CCCCC1)NC(=O)O[C@@H]1C[C@H]1CCCCCc1c(nc3ccccc3c1OCCC[NH+]1CCOCC1)O2)C(=O)NS(=O)(=O)C1(C)CC1.O=C[O-]. The number of carboxylic acid groups (broad SMARTS) is 1. The predicted octanol–water partition coefficient (Wildman–Crippen LogP) is 1.87. The molecule has 7 atom stereocenters. The number of ether oxygens (including phenoxy) is 4. The van der Waals surface area contributed by atoms with Gasteiger partial charge in [0.1, 0.15) is 48.7 Å². The maximum absolute atomic E-state index is 15.1. The van der Waals surface area contributed by atoms with Gasteiger partial charge in [0.05, 0.1) is 48.7 Å². The number of benzene rings is 1. The minimum absolute atomic E-state index is 0.00481. The number of nitrogens with zero attached hydrogens (tertiary/aromatic N) is 2. The monoisotopic (exact) mass is 964 g/mol. The molecule has 0 unspecified atom stereocenters. The molecule has 9 rings (SSSR count). The van der Waals surface area contributed by atoms with Crippen molar-refractivity contribution in [3.05, 3.63) is 42.5 Å². The fourth-order valence-corrected chi connectivity index (χ4v) is 11.9. The number of carbonyl (C=O) groups is 5. The molecule has 1 aromatic carbocycles. The molecule has 6 fully saturated rings. The van der Waals surface area contributed by atoms with Crippen LogP contribution in [0.5, 0.6) is 11.6 Å². The summed E-state index contributed by atoms with van der Waals surface area (Å²) in [5.74, 6) is -1.17. The van der Waals surface area contributed by atoms with Crippen LogP contribution in [0.15, 0.2) is 36.9 Å². The zero-order valence-corrected chi connectivity index (χ0v) is 40.0. The molecule has 18 nitrogen and oxygen atoms in total. The molecule has 19 heteroatoms. The van der Waals surface area contributed by atoms with Crippen molar-refractivity contribution < 1.29 is 61.3 Å². The molecule has 372 valence electrons. The molecule has 4 heterocycles. The highest BCUT2D eigenvalue weighted by atomic mass is 32.2. The highest BCUT2D eigenvalue weighted by Gasteiger charge is 2.63. The molecule has 7 aliphatic rings. The maximum atomic E-state index is 15.1. The minimum atomic E-state index is -4.01. The third kappa shape index (κ3) is 11.2. The zero-order valence-electron chi connectivity index (χ0n) is 39.2. The fraction of sp³-hybridized carbons (Fsp3) is 0.673. The Balaban J connectivity index is 0.00000203. The van der Waals surface area contributed by atoms with Gasteiger partial charge in [-0.05, 0) is 88.7 Å². The van der Waals surface area contributed by atoms with E-state index < -0.39 is 74.7 Å². The number of morpholine rings is 1.